The smallest absolute Gasteiger partial charge is 0.294 e. The van der Waals surface area contributed by atoms with Gasteiger partial charge in [0.05, 0.1) is 18.1 Å². The molecule has 3 rings (SSSR count). The normalized spacial score (nSPS) is 14.8. The molecule has 0 bridgehead atoms. The highest BCUT2D eigenvalue weighted by molar-refractivity contribution is 8.18. The van der Waals surface area contributed by atoms with E-state index in [0.29, 0.717) is 41.0 Å². The number of halogens is 1. The number of nitrogens with one attached hydrogen (secondary N) is 1. The summed E-state index contributed by atoms with van der Waals surface area (Å²) in [6.07, 6.45) is 1.59. The second kappa shape index (κ2) is 10.4. The van der Waals surface area contributed by atoms with Crippen LogP contribution in [-0.2, 0) is 9.59 Å². The highest BCUT2D eigenvalue weighted by Gasteiger charge is 2.36. The Morgan fingerprint density at radius 3 is 2.48 bits per heavy atom. The van der Waals surface area contributed by atoms with Gasteiger partial charge in [0.15, 0.2) is 0 Å². The molecular weight excluding hydrogens is 440 g/mol. The first-order valence-corrected chi connectivity index (χ1v) is 10.8. The van der Waals surface area contributed by atoms with Gasteiger partial charge >= 0.3 is 0 Å². The molecule has 7 nitrogen and oxygen atoms in total. The van der Waals surface area contributed by atoms with Crippen LogP contribution < -0.4 is 14.8 Å². The fourth-order valence-corrected chi connectivity index (χ4v) is 3.78. The van der Waals surface area contributed by atoms with Gasteiger partial charge in [-0.15, -0.1) is 0 Å². The second-order valence-electron chi connectivity index (χ2n) is 6.39. The number of nitrogens with zero attached hydrogens (tertiary/aromatic N) is 1. The van der Waals surface area contributed by atoms with Crippen molar-refractivity contribution in [3.8, 4) is 11.5 Å². The standard InChI is InChI=1S/C22H21ClN2O5S/c1-3-29-17-10-5-14(18(12-17)30-4-2)11-19-21(27)25(22(28)31-19)13-20(26)24-16-8-6-15(23)7-9-16/h5-12H,3-4,13H2,1-2H3,(H,24,26)/b19-11+. The van der Waals surface area contributed by atoms with Crippen molar-refractivity contribution >= 4 is 52.2 Å². The Kier molecular flexibility index (Phi) is 7.59. The third kappa shape index (κ3) is 5.80. The third-order valence-electron chi connectivity index (χ3n) is 4.19. The Morgan fingerprint density at radius 2 is 1.81 bits per heavy atom. The number of carbonyl (C=O) groups is 3. The van der Waals surface area contributed by atoms with Gasteiger partial charge < -0.3 is 14.8 Å². The fraction of sp³-hybridized carbons (Fsp3) is 0.227. The van der Waals surface area contributed by atoms with Gasteiger partial charge in [0.2, 0.25) is 5.91 Å². The van der Waals surface area contributed by atoms with E-state index in [1.54, 1.807) is 48.5 Å². The van der Waals surface area contributed by atoms with Gasteiger partial charge in [-0.25, -0.2) is 0 Å². The lowest BCUT2D eigenvalue weighted by Crippen LogP contribution is -2.36. The summed E-state index contributed by atoms with van der Waals surface area (Å²) in [6.45, 7) is 4.30. The molecule has 0 unspecified atom stereocenters. The van der Waals surface area contributed by atoms with E-state index in [1.807, 2.05) is 13.8 Å². The van der Waals surface area contributed by atoms with Crippen molar-refractivity contribution in [3.63, 3.8) is 0 Å². The topological polar surface area (TPSA) is 84.9 Å². The molecule has 1 N–H and O–H groups in total. The maximum absolute atomic E-state index is 12.7. The molecule has 31 heavy (non-hydrogen) atoms. The molecule has 0 atom stereocenters. The molecule has 1 fully saturated rings. The number of hydrogen-bond acceptors (Lipinski definition) is 6. The highest BCUT2D eigenvalue weighted by Crippen LogP contribution is 2.35. The van der Waals surface area contributed by atoms with Crippen LogP contribution in [0.25, 0.3) is 6.08 Å². The monoisotopic (exact) mass is 460 g/mol. The largest absolute Gasteiger partial charge is 0.494 e. The zero-order valence-electron chi connectivity index (χ0n) is 17.0. The number of benzene rings is 2. The van der Waals surface area contributed by atoms with Crippen LogP contribution >= 0.6 is 23.4 Å². The molecule has 0 aromatic heterocycles. The van der Waals surface area contributed by atoms with Crippen molar-refractivity contribution in [2.75, 3.05) is 25.1 Å². The molecule has 1 saturated heterocycles. The van der Waals surface area contributed by atoms with Crippen LogP contribution in [-0.4, -0.2) is 41.7 Å². The Morgan fingerprint density at radius 1 is 1.10 bits per heavy atom. The summed E-state index contributed by atoms with van der Waals surface area (Å²) in [4.78, 5) is 38.5. The summed E-state index contributed by atoms with van der Waals surface area (Å²) >= 11 is 6.61. The van der Waals surface area contributed by atoms with E-state index in [0.717, 1.165) is 16.7 Å². The number of ether oxygens (including phenoxy) is 2. The van der Waals surface area contributed by atoms with Gasteiger partial charge in [0.1, 0.15) is 18.0 Å². The van der Waals surface area contributed by atoms with Crippen molar-refractivity contribution in [2.45, 2.75) is 13.8 Å². The van der Waals surface area contributed by atoms with E-state index < -0.39 is 17.1 Å². The zero-order valence-corrected chi connectivity index (χ0v) is 18.6. The average Bonchev–Trinajstić information content (AvgIpc) is 2.99. The van der Waals surface area contributed by atoms with E-state index in [-0.39, 0.29) is 11.4 Å². The summed E-state index contributed by atoms with van der Waals surface area (Å²) in [5.41, 5.74) is 1.16. The van der Waals surface area contributed by atoms with Gasteiger partial charge in [-0.3, -0.25) is 19.3 Å². The highest BCUT2D eigenvalue weighted by atomic mass is 35.5. The van der Waals surface area contributed by atoms with Crippen molar-refractivity contribution in [3.05, 3.63) is 58.0 Å². The van der Waals surface area contributed by atoms with E-state index in [1.165, 1.54) is 0 Å². The molecule has 0 aliphatic carbocycles. The molecule has 162 valence electrons. The summed E-state index contributed by atoms with van der Waals surface area (Å²) in [6, 6.07) is 11.8. The first kappa shape index (κ1) is 22.7. The molecular formula is C22H21ClN2O5S. The van der Waals surface area contributed by atoms with E-state index >= 15 is 0 Å². The summed E-state index contributed by atoms with van der Waals surface area (Å²) < 4.78 is 11.1. The zero-order chi connectivity index (χ0) is 22.4. The number of amides is 3. The van der Waals surface area contributed by atoms with Gasteiger partial charge in [0, 0.05) is 22.3 Å². The predicted molar refractivity (Wildman–Crippen MR) is 122 cm³/mol. The molecule has 0 spiro atoms. The maximum atomic E-state index is 12.7. The molecule has 9 heteroatoms. The lowest BCUT2D eigenvalue weighted by Gasteiger charge is -2.13. The lowest BCUT2D eigenvalue weighted by molar-refractivity contribution is -0.127. The van der Waals surface area contributed by atoms with Gasteiger partial charge in [-0.1, -0.05) is 11.6 Å². The maximum Gasteiger partial charge on any atom is 0.294 e. The first-order valence-electron chi connectivity index (χ1n) is 9.61. The summed E-state index contributed by atoms with van der Waals surface area (Å²) in [7, 11) is 0. The molecule has 3 amide bonds. The van der Waals surface area contributed by atoms with Crippen LogP contribution in [0.2, 0.25) is 5.02 Å². The molecule has 1 aliphatic heterocycles. The predicted octanol–water partition coefficient (Wildman–Crippen LogP) is 4.81. The Hall–Kier alpha value is -2.97. The minimum atomic E-state index is -0.530. The van der Waals surface area contributed by atoms with Crippen LogP contribution in [0.15, 0.2) is 47.4 Å². The Balaban J connectivity index is 1.74. The first-order chi connectivity index (χ1) is 14.9. The average molecular weight is 461 g/mol. The Labute approximate surface area is 189 Å². The molecule has 0 radical (unpaired) electrons. The number of imide groups is 1. The molecule has 1 aliphatic rings. The van der Waals surface area contributed by atoms with Crippen molar-refractivity contribution in [1.82, 2.24) is 4.90 Å². The van der Waals surface area contributed by atoms with E-state index in [2.05, 4.69) is 5.32 Å². The number of anilines is 1. The number of thioether (sulfide) groups is 1. The van der Waals surface area contributed by atoms with Gasteiger partial charge in [-0.05, 0) is 68.1 Å². The van der Waals surface area contributed by atoms with Crippen molar-refractivity contribution < 1.29 is 23.9 Å². The van der Waals surface area contributed by atoms with Gasteiger partial charge in [0.25, 0.3) is 11.1 Å². The molecule has 2 aromatic rings. The summed E-state index contributed by atoms with van der Waals surface area (Å²) in [5.74, 6) is 0.176. The minimum Gasteiger partial charge on any atom is -0.494 e. The van der Waals surface area contributed by atoms with E-state index in [4.69, 9.17) is 21.1 Å². The van der Waals surface area contributed by atoms with Crippen LogP contribution in [0, 0.1) is 0 Å². The molecule has 1 heterocycles. The van der Waals surface area contributed by atoms with E-state index in [9.17, 15) is 14.4 Å². The SMILES string of the molecule is CCOc1ccc(/C=C2/SC(=O)N(CC(=O)Nc3ccc(Cl)cc3)C2=O)c(OCC)c1. The van der Waals surface area contributed by atoms with Crippen molar-refractivity contribution in [1.29, 1.82) is 0 Å². The van der Waals surface area contributed by atoms with Crippen LogP contribution in [0.4, 0.5) is 10.5 Å². The van der Waals surface area contributed by atoms with Crippen LogP contribution in [0.3, 0.4) is 0 Å². The van der Waals surface area contributed by atoms with Crippen LogP contribution in [0.5, 0.6) is 11.5 Å². The van der Waals surface area contributed by atoms with Crippen LogP contribution in [0.1, 0.15) is 19.4 Å². The van der Waals surface area contributed by atoms with Gasteiger partial charge in [-0.2, -0.15) is 0 Å². The minimum absolute atomic E-state index is 0.217. The summed E-state index contributed by atoms with van der Waals surface area (Å²) in [5, 5.41) is 2.67. The Bertz CT molecular complexity index is 1020. The number of rotatable bonds is 8. The quantitative estimate of drug-likeness (QED) is 0.569. The lowest BCUT2D eigenvalue weighted by atomic mass is 10.1. The number of hydrogen-bond donors (Lipinski definition) is 1. The van der Waals surface area contributed by atoms with Crippen molar-refractivity contribution in [2.24, 2.45) is 0 Å². The molecule has 0 saturated carbocycles. The number of carbonyl (C=O) groups excluding carboxylic acids is 3. The molecule has 2 aromatic carbocycles. The second-order valence-corrected chi connectivity index (χ2v) is 7.82. The fourth-order valence-electron chi connectivity index (χ4n) is 2.83. The third-order valence-corrected chi connectivity index (χ3v) is 5.35.